The van der Waals surface area contributed by atoms with Gasteiger partial charge in [0.25, 0.3) is 0 Å². The Balaban J connectivity index is 1.80. The van der Waals surface area contributed by atoms with Gasteiger partial charge < -0.3 is 9.80 Å². The smallest absolute Gasteiger partial charge is 0.0386 e. The van der Waals surface area contributed by atoms with Crippen molar-refractivity contribution in [3.63, 3.8) is 0 Å². The van der Waals surface area contributed by atoms with Crippen LogP contribution in [0.2, 0.25) is 0 Å². The molecular weight excluding hydrogens is 208 g/mol. The van der Waals surface area contributed by atoms with Crippen molar-refractivity contribution in [1.29, 1.82) is 0 Å². The average molecular weight is 231 g/mol. The minimum absolute atomic E-state index is 0.405. The van der Waals surface area contributed by atoms with Gasteiger partial charge in [0.1, 0.15) is 0 Å². The minimum atomic E-state index is 0.405. The molecule has 15 heavy (non-hydrogen) atoms. The largest absolute Gasteiger partial charge is 0.302 e. The van der Waals surface area contributed by atoms with E-state index in [2.05, 4.69) is 23.8 Å². The highest BCUT2D eigenvalue weighted by Gasteiger charge is 2.28. The average Bonchev–Trinajstić information content (AvgIpc) is 2.59. The lowest BCUT2D eigenvalue weighted by Gasteiger charge is -2.36. The van der Waals surface area contributed by atoms with Crippen molar-refractivity contribution in [2.24, 2.45) is 5.92 Å². The van der Waals surface area contributed by atoms with Crippen molar-refractivity contribution in [1.82, 2.24) is 9.80 Å². The summed E-state index contributed by atoms with van der Waals surface area (Å²) in [5, 5.41) is 0.405. The third kappa shape index (κ3) is 2.86. The van der Waals surface area contributed by atoms with Crippen LogP contribution in [0.5, 0.6) is 0 Å². The van der Waals surface area contributed by atoms with Gasteiger partial charge in [-0.05, 0) is 45.3 Å². The van der Waals surface area contributed by atoms with Crippen LogP contribution in [0.4, 0.5) is 0 Å². The van der Waals surface area contributed by atoms with Gasteiger partial charge in [-0.25, -0.2) is 0 Å². The predicted octanol–water partition coefficient (Wildman–Crippen LogP) is 2.03. The molecule has 0 aromatic carbocycles. The van der Waals surface area contributed by atoms with Gasteiger partial charge in [0, 0.05) is 24.5 Å². The Labute approximate surface area is 98.6 Å². The molecule has 0 saturated carbocycles. The zero-order valence-corrected chi connectivity index (χ0v) is 10.7. The molecule has 0 spiro atoms. The first kappa shape index (κ1) is 11.7. The number of likely N-dealkylation sites (tertiary alicyclic amines) is 2. The van der Waals surface area contributed by atoms with Crippen LogP contribution in [-0.2, 0) is 0 Å². The fourth-order valence-electron chi connectivity index (χ4n) is 2.88. The number of hydrogen-bond acceptors (Lipinski definition) is 2. The minimum Gasteiger partial charge on any atom is -0.302 e. The molecule has 3 heteroatoms. The Bertz CT molecular complexity index is 210. The molecule has 0 aliphatic carbocycles. The van der Waals surface area contributed by atoms with Gasteiger partial charge in [-0.1, -0.05) is 6.92 Å². The van der Waals surface area contributed by atoms with Crippen LogP contribution in [0.15, 0.2) is 0 Å². The zero-order valence-electron chi connectivity index (χ0n) is 9.95. The number of rotatable bonds is 2. The van der Waals surface area contributed by atoms with Gasteiger partial charge in [-0.15, -0.1) is 11.6 Å². The van der Waals surface area contributed by atoms with E-state index in [0.717, 1.165) is 6.04 Å². The van der Waals surface area contributed by atoms with E-state index >= 15 is 0 Å². The second-order valence-electron chi connectivity index (χ2n) is 5.32. The maximum atomic E-state index is 6.24. The molecule has 0 N–H and O–H groups in total. The Kier molecular flexibility index (Phi) is 3.92. The summed E-state index contributed by atoms with van der Waals surface area (Å²) in [5.41, 5.74) is 0. The van der Waals surface area contributed by atoms with Crippen molar-refractivity contribution < 1.29 is 0 Å². The van der Waals surface area contributed by atoms with E-state index in [1.165, 1.54) is 45.4 Å². The van der Waals surface area contributed by atoms with E-state index in [1.807, 2.05) is 0 Å². The molecule has 0 bridgehead atoms. The molecule has 0 aromatic heterocycles. The Morgan fingerprint density at radius 1 is 1.27 bits per heavy atom. The van der Waals surface area contributed by atoms with Crippen LogP contribution < -0.4 is 0 Å². The highest BCUT2D eigenvalue weighted by Crippen LogP contribution is 2.23. The van der Waals surface area contributed by atoms with E-state index in [0.29, 0.717) is 11.3 Å². The normalized spacial score (nSPS) is 39.8. The highest BCUT2D eigenvalue weighted by atomic mass is 35.5. The zero-order chi connectivity index (χ0) is 10.8. The summed E-state index contributed by atoms with van der Waals surface area (Å²) in [6.45, 7) is 7.21. The topological polar surface area (TPSA) is 6.48 Å². The maximum Gasteiger partial charge on any atom is 0.0386 e. The highest BCUT2D eigenvalue weighted by molar-refractivity contribution is 6.20. The van der Waals surface area contributed by atoms with Crippen molar-refractivity contribution in [2.75, 3.05) is 33.2 Å². The van der Waals surface area contributed by atoms with Crippen LogP contribution in [0.25, 0.3) is 0 Å². The van der Waals surface area contributed by atoms with E-state index in [1.54, 1.807) is 0 Å². The number of likely N-dealkylation sites (N-methyl/N-ethyl adjacent to an activating group) is 1. The monoisotopic (exact) mass is 230 g/mol. The molecule has 2 aliphatic rings. The van der Waals surface area contributed by atoms with E-state index in [9.17, 15) is 0 Å². The van der Waals surface area contributed by atoms with Gasteiger partial charge in [-0.3, -0.25) is 0 Å². The fourth-order valence-corrected chi connectivity index (χ4v) is 3.05. The summed E-state index contributed by atoms with van der Waals surface area (Å²) >= 11 is 6.24. The van der Waals surface area contributed by atoms with Crippen molar-refractivity contribution >= 4 is 11.6 Å². The van der Waals surface area contributed by atoms with Crippen molar-refractivity contribution in [3.8, 4) is 0 Å². The Hall–Kier alpha value is 0.210. The number of piperidine rings is 1. The van der Waals surface area contributed by atoms with Crippen LogP contribution in [0, 0.1) is 5.92 Å². The lowest BCUT2D eigenvalue weighted by atomic mass is 9.99. The van der Waals surface area contributed by atoms with E-state index < -0.39 is 0 Å². The molecular formula is C12H23ClN2. The molecule has 2 rings (SSSR count). The summed E-state index contributed by atoms with van der Waals surface area (Å²) in [6.07, 6.45) is 3.92. The molecule has 0 aromatic rings. The predicted molar refractivity (Wildman–Crippen MR) is 65.5 cm³/mol. The summed E-state index contributed by atoms with van der Waals surface area (Å²) < 4.78 is 0. The molecule has 3 unspecified atom stereocenters. The third-order valence-electron chi connectivity index (χ3n) is 4.03. The van der Waals surface area contributed by atoms with Crippen LogP contribution in [0.1, 0.15) is 26.2 Å². The third-order valence-corrected chi connectivity index (χ3v) is 4.67. The lowest BCUT2D eigenvalue weighted by molar-refractivity contribution is 0.144. The first-order chi connectivity index (χ1) is 7.16. The van der Waals surface area contributed by atoms with E-state index in [-0.39, 0.29) is 0 Å². The van der Waals surface area contributed by atoms with Gasteiger partial charge in [-0.2, -0.15) is 0 Å². The SMILES string of the molecule is CC1CN(CC2CCCN2C)CCC1Cl. The summed E-state index contributed by atoms with van der Waals surface area (Å²) in [5.74, 6) is 0.659. The summed E-state index contributed by atoms with van der Waals surface area (Å²) in [4.78, 5) is 5.12. The molecule has 2 nitrogen and oxygen atoms in total. The van der Waals surface area contributed by atoms with Gasteiger partial charge in [0.2, 0.25) is 0 Å². The number of nitrogens with zero attached hydrogens (tertiary/aromatic N) is 2. The number of hydrogen-bond donors (Lipinski definition) is 0. The summed E-state index contributed by atoms with van der Waals surface area (Å²) in [6, 6.07) is 0.795. The van der Waals surface area contributed by atoms with Crippen LogP contribution in [0.3, 0.4) is 0 Å². The fraction of sp³-hybridized carbons (Fsp3) is 1.00. The van der Waals surface area contributed by atoms with Gasteiger partial charge in [0.05, 0.1) is 0 Å². The van der Waals surface area contributed by atoms with Gasteiger partial charge >= 0.3 is 0 Å². The van der Waals surface area contributed by atoms with Crippen LogP contribution >= 0.6 is 11.6 Å². The lowest BCUT2D eigenvalue weighted by Crippen LogP contribution is -2.45. The van der Waals surface area contributed by atoms with Gasteiger partial charge in [0.15, 0.2) is 0 Å². The molecule has 0 radical (unpaired) electrons. The second-order valence-corrected chi connectivity index (χ2v) is 5.88. The quantitative estimate of drug-likeness (QED) is 0.670. The second kappa shape index (κ2) is 5.03. The maximum absolute atomic E-state index is 6.24. The van der Waals surface area contributed by atoms with E-state index in [4.69, 9.17) is 11.6 Å². The van der Waals surface area contributed by atoms with Crippen LogP contribution in [-0.4, -0.2) is 54.4 Å². The molecule has 3 atom stereocenters. The molecule has 2 aliphatic heterocycles. The standard InChI is InChI=1S/C12H23ClN2/c1-10-8-15(7-5-12(10)13)9-11-4-3-6-14(11)2/h10-12H,3-9H2,1-2H3. The molecule has 88 valence electrons. The molecule has 2 fully saturated rings. The molecule has 0 amide bonds. The number of alkyl halides is 1. The Morgan fingerprint density at radius 2 is 2.07 bits per heavy atom. The molecule has 2 saturated heterocycles. The summed E-state index contributed by atoms with van der Waals surface area (Å²) in [7, 11) is 2.26. The Morgan fingerprint density at radius 3 is 2.67 bits per heavy atom. The molecule has 2 heterocycles. The van der Waals surface area contributed by atoms with Crippen molar-refractivity contribution in [2.45, 2.75) is 37.6 Å². The van der Waals surface area contributed by atoms with Crippen molar-refractivity contribution in [3.05, 3.63) is 0 Å². The number of halogens is 1. The first-order valence-electron chi connectivity index (χ1n) is 6.23. The first-order valence-corrected chi connectivity index (χ1v) is 6.67.